The normalized spacial score (nSPS) is 15.8. The maximum atomic E-state index is 11.8. The Morgan fingerprint density at radius 3 is 2.42 bits per heavy atom. The molecule has 1 aromatic rings. The van der Waals surface area contributed by atoms with Gasteiger partial charge in [0.2, 0.25) is 5.91 Å². The van der Waals surface area contributed by atoms with Gasteiger partial charge in [0.1, 0.15) is 0 Å². The zero-order valence-electron chi connectivity index (χ0n) is 10.9. The summed E-state index contributed by atoms with van der Waals surface area (Å²) in [6.45, 7) is 0.637. The largest absolute Gasteiger partial charge is 0.396 e. The van der Waals surface area contributed by atoms with Gasteiger partial charge in [-0.05, 0) is 12.8 Å². The molecule has 102 valence electrons. The summed E-state index contributed by atoms with van der Waals surface area (Å²) in [5.41, 5.74) is 0.559. The van der Waals surface area contributed by atoms with Crippen molar-refractivity contribution >= 4 is 11.7 Å². The number of carbonyl (C=O) groups is 2. The van der Waals surface area contributed by atoms with Gasteiger partial charge in [0.05, 0.1) is 6.61 Å². The smallest absolute Gasteiger partial charge is 0.220 e. The van der Waals surface area contributed by atoms with E-state index in [1.54, 1.807) is 12.1 Å². The lowest BCUT2D eigenvalue weighted by Crippen LogP contribution is -2.32. The highest BCUT2D eigenvalue weighted by Crippen LogP contribution is 2.44. The maximum absolute atomic E-state index is 11.8. The summed E-state index contributed by atoms with van der Waals surface area (Å²) in [6.07, 6.45) is 2.36. The molecule has 0 atom stereocenters. The maximum Gasteiger partial charge on any atom is 0.220 e. The zero-order valence-corrected chi connectivity index (χ0v) is 10.9. The predicted octanol–water partition coefficient (Wildman–Crippen LogP) is 1.54. The Morgan fingerprint density at radius 1 is 1.16 bits per heavy atom. The molecule has 0 unspecified atom stereocenters. The Labute approximate surface area is 112 Å². The third-order valence-corrected chi connectivity index (χ3v) is 3.63. The summed E-state index contributed by atoms with van der Waals surface area (Å²) in [4.78, 5) is 23.4. The van der Waals surface area contributed by atoms with Crippen LogP contribution < -0.4 is 5.32 Å². The molecule has 1 aliphatic rings. The highest BCUT2D eigenvalue weighted by molar-refractivity contribution is 5.97. The number of rotatable bonds is 7. The number of ketones is 1. The van der Waals surface area contributed by atoms with Gasteiger partial charge in [0, 0.05) is 30.4 Å². The molecule has 0 aliphatic heterocycles. The molecule has 2 rings (SSSR count). The molecule has 1 fully saturated rings. The SMILES string of the molecule is O=C(CCC(=O)c1ccccc1)NCC1(CO)CC1. The second-order valence-corrected chi connectivity index (χ2v) is 5.22. The minimum Gasteiger partial charge on any atom is -0.396 e. The van der Waals surface area contributed by atoms with Gasteiger partial charge in [-0.15, -0.1) is 0 Å². The van der Waals surface area contributed by atoms with Crippen molar-refractivity contribution in [3.8, 4) is 0 Å². The first-order valence-corrected chi connectivity index (χ1v) is 6.61. The van der Waals surface area contributed by atoms with Gasteiger partial charge in [0.25, 0.3) is 0 Å². The van der Waals surface area contributed by atoms with E-state index in [4.69, 9.17) is 5.11 Å². The second kappa shape index (κ2) is 5.97. The van der Waals surface area contributed by atoms with E-state index in [1.807, 2.05) is 18.2 Å². The number of Topliss-reactive ketones (excluding diaryl/α,β-unsaturated/α-hetero) is 1. The number of aliphatic hydroxyl groups is 1. The van der Waals surface area contributed by atoms with Crippen molar-refractivity contribution in [3.05, 3.63) is 35.9 Å². The first-order valence-electron chi connectivity index (χ1n) is 6.61. The standard InChI is InChI=1S/C15H19NO3/c17-11-15(8-9-15)10-16-14(19)7-6-13(18)12-4-2-1-3-5-12/h1-5,17H,6-11H2,(H,16,19). The van der Waals surface area contributed by atoms with E-state index in [-0.39, 0.29) is 36.6 Å². The van der Waals surface area contributed by atoms with Crippen LogP contribution in [0, 0.1) is 5.41 Å². The molecule has 19 heavy (non-hydrogen) atoms. The van der Waals surface area contributed by atoms with Crippen molar-refractivity contribution in [3.63, 3.8) is 0 Å². The van der Waals surface area contributed by atoms with Gasteiger partial charge in [0.15, 0.2) is 5.78 Å². The van der Waals surface area contributed by atoms with Gasteiger partial charge < -0.3 is 10.4 Å². The molecule has 1 aromatic carbocycles. The fraction of sp³-hybridized carbons (Fsp3) is 0.467. The Kier molecular flexibility index (Phi) is 4.32. The first-order chi connectivity index (χ1) is 9.15. The molecule has 4 heteroatoms. The summed E-state index contributed by atoms with van der Waals surface area (Å²) in [5, 5.41) is 11.9. The van der Waals surface area contributed by atoms with Gasteiger partial charge in [-0.2, -0.15) is 0 Å². The van der Waals surface area contributed by atoms with Crippen LogP contribution in [0.3, 0.4) is 0 Å². The molecule has 0 aromatic heterocycles. The summed E-state index contributed by atoms with van der Waals surface area (Å²) < 4.78 is 0. The molecule has 4 nitrogen and oxygen atoms in total. The topological polar surface area (TPSA) is 66.4 Å². The summed E-state index contributed by atoms with van der Waals surface area (Å²) >= 11 is 0. The van der Waals surface area contributed by atoms with Crippen LogP contribution in [0.5, 0.6) is 0 Å². The number of amides is 1. The monoisotopic (exact) mass is 261 g/mol. The van der Waals surface area contributed by atoms with Crippen molar-refractivity contribution in [2.24, 2.45) is 5.41 Å². The van der Waals surface area contributed by atoms with Crippen LogP contribution in [0.2, 0.25) is 0 Å². The number of nitrogens with one attached hydrogen (secondary N) is 1. The van der Waals surface area contributed by atoms with E-state index in [0.717, 1.165) is 12.8 Å². The third-order valence-electron chi connectivity index (χ3n) is 3.63. The van der Waals surface area contributed by atoms with E-state index in [1.165, 1.54) is 0 Å². The quantitative estimate of drug-likeness (QED) is 0.732. The van der Waals surface area contributed by atoms with E-state index in [0.29, 0.717) is 12.1 Å². The zero-order chi connectivity index (χ0) is 13.7. The molecular formula is C15H19NO3. The Balaban J connectivity index is 1.70. The average Bonchev–Trinajstić information content (AvgIpc) is 3.24. The first kappa shape index (κ1) is 13.7. The van der Waals surface area contributed by atoms with Crippen LogP contribution in [0.15, 0.2) is 30.3 Å². The Hall–Kier alpha value is -1.68. The van der Waals surface area contributed by atoms with Gasteiger partial charge in [-0.1, -0.05) is 30.3 Å². The Morgan fingerprint density at radius 2 is 1.84 bits per heavy atom. The molecule has 0 saturated heterocycles. The number of carbonyl (C=O) groups excluding carboxylic acids is 2. The molecule has 0 radical (unpaired) electrons. The van der Waals surface area contributed by atoms with E-state index in [9.17, 15) is 9.59 Å². The van der Waals surface area contributed by atoms with Gasteiger partial charge in [-0.25, -0.2) is 0 Å². The van der Waals surface area contributed by atoms with Crippen LogP contribution in [-0.2, 0) is 4.79 Å². The molecule has 1 amide bonds. The van der Waals surface area contributed by atoms with Crippen molar-refractivity contribution in [2.75, 3.05) is 13.2 Å². The second-order valence-electron chi connectivity index (χ2n) is 5.22. The summed E-state index contributed by atoms with van der Waals surface area (Å²) in [5.74, 6) is -0.136. The predicted molar refractivity (Wildman–Crippen MR) is 71.8 cm³/mol. The van der Waals surface area contributed by atoms with Crippen molar-refractivity contribution < 1.29 is 14.7 Å². The summed E-state index contributed by atoms with van der Waals surface area (Å²) in [7, 11) is 0. The van der Waals surface area contributed by atoms with Crippen LogP contribution in [0.4, 0.5) is 0 Å². The summed E-state index contributed by atoms with van der Waals surface area (Å²) in [6, 6.07) is 8.99. The molecule has 0 bridgehead atoms. The molecule has 1 saturated carbocycles. The highest BCUT2D eigenvalue weighted by atomic mass is 16.3. The van der Waals surface area contributed by atoms with Crippen LogP contribution in [-0.4, -0.2) is 29.9 Å². The highest BCUT2D eigenvalue weighted by Gasteiger charge is 2.41. The number of hydrogen-bond acceptors (Lipinski definition) is 3. The number of benzene rings is 1. The molecule has 1 aliphatic carbocycles. The van der Waals surface area contributed by atoms with Gasteiger partial charge in [-0.3, -0.25) is 9.59 Å². The average molecular weight is 261 g/mol. The molecule has 0 spiro atoms. The molecular weight excluding hydrogens is 242 g/mol. The van der Waals surface area contributed by atoms with Crippen LogP contribution in [0.25, 0.3) is 0 Å². The third kappa shape index (κ3) is 3.89. The fourth-order valence-electron chi connectivity index (χ4n) is 1.94. The van der Waals surface area contributed by atoms with Crippen LogP contribution in [0.1, 0.15) is 36.0 Å². The minimum atomic E-state index is -0.121. The lowest BCUT2D eigenvalue weighted by molar-refractivity contribution is -0.121. The van der Waals surface area contributed by atoms with E-state index in [2.05, 4.69) is 5.32 Å². The van der Waals surface area contributed by atoms with Crippen LogP contribution >= 0.6 is 0 Å². The number of aliphatic hydroxyl groups excluding tert-OH is 1. The molecule has 2 N–H and O–H groups in total. The van der Waals surface area contributed by atoms with Crippen molar-refractivity contribution in [1.29, 1.82) is 0 Å². The lowest BCUT2D eigenvalue weighted by atomic mass is 10.1. The van der Waals surface area contributed by atoms with Gasteiger partial charge >= 0.3 is 0 Å². The van der Waals surface area contributed by atoms with Crippen molar-refractivity contribution in [2.45, 2.75) is 25.7 Å². The van der Waals surface area contributed by atoms with Crippen molar-refractivity contribution in [1.82, 2.24) is 5.32 Å². The van der Waals surface area contributed by atoms with E-state index >= 15 is 0 Å². The Bertz CT molecular complexity index is 452. The fourth-order valence-corrected chi connectivity index (χ4v) is 1.94. The molecule has 0 heterocycles. The number of hydrogen-bond donors (Lipinski definition) is 2. The lowest BCUT2D eigenvalue weighted by Gasteiger charge is -2.12. The minimum absolute atomic E-state index is 0.0148. The van der Waals surface area contributed by atoms with E-state index < -0.39 is 0 Å².